The van der Waals surface area contributed by atoms with Crippen molar-refractivity contribution >= 4 is 16.7 Å². The van der Waals surface area contributed by atoms with Crippen LogP contribution in [0.15, 0.2) is 35.3 Å². The Kier molecular flexibility index (Phi) is 25.5. The number of aromatic nitrogens is 2. The van der Waals surface area contributed by atoms with Crippen molar-refractivity contribution in [2.24, 2.45) is 0 Å². The standard InChI is InChI=1S/C18H36O2.C8H6N2O.2Ag/c1-2-3-4-5-6-7-8-9-10-11-12-13-14-15-16-17-18(19)20;11-8-7-4-2-1-3-6(7)5-9-10-8;;/h2-17H2,1H3,(H,19,20);1-5H,(H,10,11);;/q;;;+1/p-1. The molecule has 1 N–H and O–H groups in total. The Balaban J connectivity index is 0. The molecule has 2 aromatic rings. The van der Waals surface area contributed by atoms with Crippen molar-refractivity contribution in [3.63, 3.8) is 0 Å². The van der Waals surface area contributed by atoms with E-state index >= 15 is 0 Å². The van der Waals surface area contributed by atoms with Crippen molar-refractivity contribution in [1.29, 1.82) is 0 Å². The summed E-state index contributed by atoms with van der Waals surface area (Å²) in [5.41, 5.74) is -0.261. The van der Waals surface area contributed by atoms with Crippen molar-refractivity contribution < 1.29 is 54.7 Å². The first-order chi connectivity index (χ1) is 15.1. The van der Waals surface area contributed by atoms with Gasteiger partial charge in [-0.05, 0) is 6.42 Å². The molecule has 5 nitrogen and oxygen atoms in total. The molecule has 0 saturated heterocycles. The van der Waals surface area contributed by atoms with E-state index in [2.05, 4.69) is 17.1 Å². The molecule has 0 fully saturated rings. The zero-order valence-electron chi connectivity index (χ0n) is 20.0. The Bertz CT molecular complexity index is 763. The molecule has 1 aromatic carbocycles. The average molecular weight is 645 g/mol. The van der Waals surface area contributed by atoms with E-state index in [1.165, 1.54) is 83.5 Å². The fraction of sp³-hybridized carbons (Fsp3) is 0.654. The van der Waals surface area contributed by atoms with Crippen LogP contribution in [-0.4, -0.2) is 16.2 Å². The quantitative estimate of drug-likeness (QED) is 0.159. The number of carboxylic acids is 1. The third-order valence-corrected chi connectivity index (χ3v) is 5.53. The molecule has 0 aliphatic rings. The molecule has 0 saturated carbocycles. The smallest absolute Gasteiger partial charge is 0.540 e. The van der Waals surface area contributed by atoms with E-state index in [-0.39, 0.29) is 50.3 Å². The van der Waals surface area contributed by atoms with Gasteiger partial charge in [0.1, 0.15) is 0 Å². The maximum atomic E-state index is 11.0. The number of aliphatic carboxylic acids is 1. The number of unbranched alkanes of at least 4 members (excludes halogenated alkanes) is 14. The molecule has 0 atom stereocenters. The van der Waals surface area contributed by atoms with Crippen molar-refractivity contribution in [1.82, 2.24) is 10.2 Å². The van der Waals surface area contributed by atoms with E-state index in [9.17, 15) is 9.59 Å². The van der Waals surface area contributed by atoms with Crippen LogP contribution in [0.3, 0.4) is 0 Å². The molecule has 0 spiro atoms. The van der Waals surface area contributed by atoms with Crippen molar-refractivity contribution in [2.75, 3.05) is 0 Å². The summed E-state index contributed by atoms with van der Waals surface area (Å²) in [4.78, 5) is 21.3. The van der Waals surface area contributed by atoms with Crippen molar-refractivity contribution in [2.45, 2.75) is 110 Å². The van der Waals surface area contributed by atoms with Gasteiger partial charge in [0, 0.05) is 45.8 Å². The van der Waals surface area contributed by atoms with Crippen LogP contribution in [0.2, 0.25) is 0 Å². The summed E-state index contributed by atoms with van der Waals surface area (Å²) < 4.78 is 0. The van der Waals surface area contributed by atoms with Gasteiger partial charge in [0.25, 0.3) is 0 Å². The Morgan fingerprint density at radius 1 is 0.818 bits per heavy atom. The second-order valence-electron chi connectivity index (χ2n) is 8.33. The van der Waals surface area contributed by atoms with Crippen LogP contribution in [0.5, 0.6) is 0 Å². The molecule has 7 heteroatoms. The summed E-state index contributed by atoms with van der Waals surface area (Å²) in [7, 11) is 0. The number of carbonyl (C=O) groups is 1. The summed E-state index contributed by atoms with van der Waals surface area (Å²) in [6.45, 7) is 2.27. The average Bonchev–Trinajstić information content (AvgIpc) is 2.77. The minimum Gasteiger partial charge on any atom is -0.540 e. The molecule has 195 valence electrons. The molecule has 0 bridgehead atoms. The number of hydrogen-bond donors (Lipinski definition) is 1. The molecular weight excluding hydrogens is 604 g/mol. The third kappa shape index (κ3) is 19.3. The van der Waals surface area contributed by atoms with Crippen LogP contribution in [0.1, 0.15) is 110 Å². The second-order valence-corrected chi connectivity index (χ2v) is 8.33. The van der Waals surface area contributed by atoms with Crippen LogP contribution >= 0.6 is 0 Å². The van der Waals surface area contributed by atoms with E-state index in [4.69, 9.17) is 5.11 Å². The molecule has 0 aliphatic heterocycles. The van der Waals surface area contributed by atoms with Crippen LogP contribution in [0.4, 0.5) is 0 Å². The van der Waals surface area contributed by atoms with Crippen molar-refractivity contribution in [3.8, 4) is 0 Å². The molecule has 0 aliphatic carbocycles. The van der Waals surface area contributed by atoms with Gasteiger partial charge in [0.05, 0.1) is 5.56 Å². The summed E-state index contributed by atoms with van der Waals surface area (Å²) in [5.74, 6) is -0.653. The van der Waals surface area contributed by atoms with E-state index in [0.29, 0.717) is 11.8 Å². The Labute approximate surface area is 230 Å². The molecule has 0 amide bonds. The molecule has 1 radical (unpaired) electrons. The first-order valence-corrected chi connectivity index (χ1v) is 12.2. The first kappa shape index (κ1) is 34.5. The fourth-order valence-corrected chi connectivity index (χ4v) is 3.65. The van der Waals surface area contributed by atoms with Crippen molar-refractivity contribution in [3.05, 3.63) is 40.8 Å². The third-order valence-electron chi connectivity index (χ3n) is 5.53. The van der Waals surface area contributed by atoms with Gasteiger partial charge in [-0.25, -0.2) is 0 Å². The Morgan fingerprint density at radius 2 is 1.27 bits per heavy atom. The second kappa shape index (κ2) is 24.4. The zero-order chi connectivity index (χ0) is 22.6. The number of carboxylic acid groups (broad SMARTS) is 1. The summed E-state index contributed by atoms with van der Waals surface area (Å²) in [6.07, 6.45) is 21.8. The molecule has 33 heavy (non-hydrogen) atoms. The van der Waals surface area contributed by atoms with Gasteiger partial charge < -0.3 is 20.1 Å². The number of hydrogen-bond acceptors (Lipinski definition) is 3. The van der Waals surface area contributed by atoms with Crippen LogP contribution in [0, 0.1) is 0 Å². The fourth-order valence-electron chi connectivity index (χ4n) is 3.65. The number of fused-ring (bicyclic) bond motifs is 1. The van der Waals surface area contributed by atoms with Gasteiger partial charge in [0.2, 0.25) is 0 Å². The van der Waals surface area contributed by atoms with E-state index < -0.39 is 5.97 Å². The van der Waals surface area contributed by atoms with E-state index in [1.807, 2.05) is 18.2 Å². The molecular formula is C26H41Ag2N2O3. The zero-order valence-corrected chi connectivity index (χ0v) is 22.9. The van der Waals surface area contributed by atoms with Gasteiger partial charge in [-0.1, -0.05) is 121 Å². The van der Waals surface area contributed by atoms with Gasteiger partial charge in [-0.2, -0.15) is 0 Å². The molecule has 0 unspecified atom stereocenters. The monoisotopic (exact) mass is 643 g/mol. The van der Waals surface area contributed by atoms with Gasteiger partial charge in [-0.15, -0.1) is 0 Å². The van der Waals surface area contributed by atoms with Gasteiger partial charge in [-0.3, -0.25) is 4.79 Å². The van der Waals surface area contributed by atoms with Crippen LogP contribution in [-0.2, 0) is 49.6 Å². The molecule has 2 rings (SSSR count). The minimum absolute atomic E-state index is 0. The first-order valence-electron chi connectivity index (χ1n) is 12.2. The molecule has 1 heterocycles. The minimum atomic E-state index is -0.653. The summed E-state index contributed by atoms with van der Waals surface area (Å²) in [5, 5.41) is 16.9. The molecule has 1 aromatic heterocycles. The topological polar surface area (TPSA) is 81.4 Å². The normalized spacial score (nSPS) is 9.97. The Hall–Kier alpha value is -0.689. The SMILES string of the molecule is CCCCCCCCCCCCCCCCCC(=O)O.O=c1[n-]ncc2ccccc12.[Ag+].[Ag]. The maximum absolute atomic E-state index is 11.0. The predicted octanol–water partition coefficient (Wildman–Crippen LogP) is 6.88. The van der Waals surface area contributed by atoms with Crippen LogP contribution < -0.4 is 10.7 Å². The van der Waals surface area contributed by atoms with E-state index in [0.717, 1.165) is 18.2 Å². The Morgan fingerprint density at radius 3 is 1.73 bits per heavy atom. The van der Waals surface area contributed by atoms with Crippen LogP contribution in [0.25, 0.3) is 10.8 Å². The largest absolute Gasteiger partial charge is 1.00 e. The van der Waals surface area contributed by atoms with Gasteiger partial charge in [0.15, 0.2) is 0 Å². The summed E-state index contributed by atoms with van der Waals surface area (Å²) in [6, 6.07) is 7.26. The maximum Gasteiger partial charge on any atom is 1.00 e. The number of rotatable bonds is 16. The number of benzene rings is 1. The van der Waals surface area contributed by atoms with E-state index in [1.54, 1.807) is 12.3 Å². The van der Waals surface area contributed by atoms with Gasteiger partial charge >= 0.3 is 28.3 Å². The number of nitrogens with zero attached hydrogens (tertiary/aromatic N) is 2. The summed E-state index contributed by atoms with van der Waals surface area (Å²) >= 11 is 0. The predicted molar refractivity (Wildman–Crippen MR) is 129 cm³/mol.